The SMILES string of the molecule is Cc1nc(Cc2ccc(C#N)cc2)c2ncn(-c3ccc(F)cc3F)c2n1. The molecule has 7 heteroatoms. The molecule has 0 aliphatic carbocycles. The molecule has 0 saturated heterocycles. The van der Waals surface area contributed by atoms with Crippen molar-refractivity contribution in [2.24, 2.45) is 0 Å². The monoisotopic (exact) mass is 361 g/mol. The lowest BCUT2D eigenvalue weighted by molar-refractivity contribution is 0.578. The summed E-state index contributed by atoms with van der Waals surface area (Å²) >= 11 is 0. The summed E-state index contributed by atoms with van der Waals surface area (Å²) in [6.07, 6.45) is 1.95. The maximum atomic E-state index is 14.2. The van der Waals surface area contributed by atoms with Crippen LogP contribution in [-0.4, -0.2) is 19.5 Å². The third kappa shape index (κ3) is 3.13. The van der Waals surface area contributed by atoms with Crippen LogP contribution in [0.25, 0.3) is 16.9 Å². The van der Waals surface area contributed by atoms with Gasteiger partial charge in [-0.05, 0) is 36.8 Å². The highest BCUT2D eigenvalue weighted by Crippen LogP contribution is 2.23. The first kappa shape index (κ1) is 16.8. The number of rotatable bonds is 3. The number of halogens is 2. The first-order chi connectivity index (χ1) is 13.0. The molecule has 0 aliphatic rings. The maximum Gasteiger partial charge on any atom is 0.168 e. The Bertz CT molecular complexity index is 1190. The van der Waals surface area contributed by atoms with Crippen LogP contribution in [0.5, 0.6) is 0 Å². The van der Waals surface area contributed by atoms with E-state index in [1.165, 1.54) is 23.0 Å². The number of hydrogen-bond donors (Lipinski definition) is 0. The van der Waals surface area contributed by atoms with Crippen molar-refractivity contribution in [2.45, 2.75) is 13.3 Å². The highest BCUT2D eigenvalue weighted by atomic mass is 19.1. The van der Waals surface area contributed by atoms with E-state index in [1.54, 1.807) is 19.1 Å². The minimum absolute atomic E-state index is 0.168. The predicted octanol–water partition coefficient (Wildman–Crippen LogP) is 3.86. The van der Waals surface area contributed by atoms with E-state index in [2.05, 4.69) is 21.0 Å². The fourth-order valence-electron chi connectivity index (χ4n) is 2.95. The van der Waals surface area contributed by atoms with Crippen molar-refractivity contribution in [3.05, 3.63) is 83.1 Å². The molecule has 2 heterocycles. The molecule has 132 valence electrons. The number of fused-ring (bicyclic) bond motifs is 1. The molecular weight excluding hydrogens is 348 g/mol. The van der Waals surface area contributed by atoms with Gasteiger partial charge in [-0.15, -0.1) is 0 Å². The first-order valence-corrected chi connectivity index (χ1v) is 8.20. The summed E-state index contributed by atoms with van der Waals surface area (Å²) in [5.41, 5.74) is 3.42. The fourth-order valence-corrected chi connectivity index (χ4v) is 2.95. The highest BCUT2D eigenvalue weighted by Gasteiger charge is 2.16. The van der Waals surface area contributed by atoms with E-state index in [4.69, 9.17) is 5.26 Å². The van der Waals surface area contributed by atoms with Gasteiger partial charge < -0.3 is 0 Å². The molecule has 0 saturated carbocycles. The minimum Gasteiger partial charge on any atom is -0.280 e. The Balaban J connectivity index is 1.81. The number of aromatic nitrogens is 4. The van der Waals surface area contributed by atoms with E-state index in [0.717, 1.165) is 11.6 Å². The van der Waals surface area contributed by atoms with Gasteiger partial charge >= 0.3 is 0 Å². The van der Waals surface area contributed by atoms with E-state index >= 15 is 0 Å². The number of benzene rings is 2. The van der Waals surface area contributed by atoms with Crippen molar-refractivity contribution in [3.63, 3.8) is 0 Å². The Morgan fingerprint density at radius 3 is 2.56 bits per heavy atom. The third-order valence-electron chi connectivity index (χ3n) is 4.20. The normalized spacial score (nSPS) is 10.9. The van der Waals surface area contributed by atoms with Gasteiger partial charge in [0.2, 0.25) is 0 Å². The molecule has 4 rings (SSSR count). The van der Waals surface area contributed by atoms with Crippen molar-refractivity contribution in [1.29, 1.82) is 5.26 Å². The van der Waals surface area contributed by atoms with Crippen LogP contribution in [0.2, 0.25) is 0 Å². The predicted molar refractivity (Wildman–Crippen MR) is 95.3 cm³/mol. The van der Waals surface area contributed by atoms with Crippen LogP contribution < -0.4 is 0 Å². The summed E-state index contributed by atoms with van der Waals surface area (Å²) in [5, 5.41) is 8.91. The number of imidazole rings is 1. The van der Waals surface area contributed by atoms with Gasteiger partial charge in [0, 0.05) is 12.5 Å². The first-order valence-electron chi connectivity index (χ1n) is 8.20. The topological polar surface area (TPSA) is 67.4 Å². The Hall–Kier alpha value is -3.66. The molecule has 0 bridgehead atoms. The van der Waals surface area contributed by atoms with Crippen LogP contribution in [0.15, 0.2) is 48.8 Å². The van der Waals surface area contributed by atoms with Gasteiger partial charge in [0.15, 0.2) is 5.65 Å². The van der Waals surface area contributed by atoms with Crippen LogP contribution in [0.1, 0.15) is 22.6 Å². The Morgan fingerprint density at radius 2 is 1.85 bits per heavy atom. The quantitative estimate of drug-likeness (QED) is 0.556. The molecule has 2 aromatic carbocycles. The smallest absolute Gasteiger partial charge is 0.168 e. The van der Waals surface area contributed by atoms with Gasteiger partial charge in [-0.25, -0.2) is 23.7 Å². The van der Waals surface area contributed by atoms with Gasteiger partial charge in [0.25, 0.3) is 0 Å². The number of hydrogen-bond acceptors (Lipinski definition) is 4. The summed E-state index contributed by atoms with van der Waals surface area (Å²) in [6, 6.07) is 12.7. The van der Waals surface area contributed by atoms with Crippen LogP contribution >= 0.6 is 0 Å². The summed E-state index contributed by atoms with van der Waals surface area (Å²) < 4.78 is 28.9. The second-order valence-electron chi connectivity index (χ2n) is 6.09. The van der Waals surface area contributed by atoms with Crippen molar-refractivity contribution in [3.8, 4) is 11.8 Å². The van der Waals surface area contributed by atoms with E-state index in [-0.39, 0.29) is 5.69 Å². The number of aryl methyl sites for hydroxylation is 1. The molecule has 4 aromatic rings. The molecule has 5 nitrogen and oxygen atoms in total. The van der Waals surface area contributed by atoms with E-state index in [0.29, 0.717) is 34.7 Å². The largest absolute Gasteiger partial charge is 0.280 e. The summed E-state index contributed by atoms with van der Waals surface area (Å²) in [4.78, 5) is 13.2. The Labute approximate surface area is 153 Å². The molecule has 2 aromatic heterocycles. The molecule has 0 fully saturated rings. The minimum atomic E-state index is -0.695. The van der Waals surface area contributed by atoms with Crippen LogP contribution in [0.3, 0.4) is 0 Å². The molecule has 0 radical (unpaired) electrons. The third-order valence-corrected chi connectivity index (χ3v) is 4.20. The zero-order chi connectivity index (χ0) is 19.0. The lowest BCUT2D eigenvalue weighted by Crippen LogP contribution is -2.03. The average Bonchev–Trinajstić information content (AvgIpc) is 3.06. The van der Waals surface area contributed by atoms with E-state index < -0.39 is 11.6 Å². The van der Waals surface area contributed by atoms with Crippen molar-refractivity contribution in [1.82, 2.24) is 19.5 Å². The van der Waals surface area contributed by atoms with Crippen molar-refractivity contribution in [2.75, 3.05) is 0 Å². The molecule has 0 unspecified atom stereocenters. The standard InChI is InChI=1S/C20H13F2N5/c1-12-25-17(8-13-2-4-14(10-23)5-3-13)19-20(26-12)27(11-24-19)18-7-6-15(21)9-16(18)22/h2-7,9,11H,8H2,1H3. The molecule has 0 aliphatic heterocycles. The van der Waals surface area contributed by atoms with Crippen molar-refractivity contribution >= 4 is 11.2 Å². The Morgan fingerprint density at radius 1 is 1.07 bits per heavy atom. The van der Waals surface area contributed by atoms with Gasteiger partial charge in [-0.2, -0.15) is 5.26 Å². The zero-order valence-corrected chi connectivity index (χ0v) is 14.3. The van der Waals surface area contributed by atoms with Gasteiger partial charge in [0.05, 0.1) is 23.0 Å². The van der Waals surface area contributed by atoms with Gasteiger partial charge in [-0.3, -0.25) is 4.57 Å². The zero-order valence-electron chi connectivity index (χ0n) is 14.3. The summed E-state index contributed by atoms with van der Waals surface area (Å²) in [5.74, 6) is -0.817. The molecule has 0 atom stereocenters. The van der Waals surface area contributed by atoms with E-state index in [9.17, 15) is 8.78 Å². The molecular formula is C20H13F2N5. The Kier molecular flexibility index (Phi) is 4.09. The molecule has 0 amide bonds. The van der Waals surface area contributed by atoms with Gasteiger partial charge in [-0.1, -0.05) is 12.1 Å². The second-order valence-corrected chi connectivity index (χ2v) is 6.09. The average molecular weight is 361 g/mol. The van der Waals surface area contributed by atoms with Crippen molar-refractivity contribution < 1.29 is 8.78 Å². The molecule has 0 N–H and O–H groups in total. The van der Waals surface area contributed by atoms with E-state index in [1.807, 2.05) is 12.1 Å². The summed E-state index contributed by atoms with van der Waals surface area (Å²) in [6.45, 7) is 1.75. The summed E-state index contributed by atoms with van der Waals surface area (Å²) in [7, 11) is 0. The van der Waals surface area contributed by atoms with Gasteiger partial charge in [0.1, 0.15) is 29.3 Å². The molecule has 0 spiro atoms. The number of nitriles is 1. The molecule has 27 heavy (non-hydrogen) atoms. The fraction of sp³-hybridized carbons (Fsp3) is 0.100. The number of nitrogens with zero attached hydrogens (tertiary/aromatic N) is 5. The second kappa shape index (κ2) is 6.57. The highest BCUT2D eigenvalue weighted by molar-refractivity contribution is 5.76. The van der Waals surface area contributed by atoms with Crippen LogP contribution in [0.4, 0.5) is 8.78 Å². The lowest BCUT2D eigenvalue weighted by Gasteiger charge is -2.07. The van der Waals surface area contributed by atoms with Crippen LogP contribution in [-0.2, 0) is 6.42 Å². The maximum absolute atomic E-state index is 14.2. The lowest BCUT2D eigenvalue weighted by atomic mass is 10.1. The van der Waals surface area contributed by atoms with Crippen LogP contribution in [0, 0.1) is 29.9 Å².